The third kappa shape index (κ3) is 5.16. The van der Waals surface area contributed by atoms with E-state index in [2.05, 4.69) is 4.72 Å². The number of benzene rings is 1. The van der Waals surface area contributed by atoms with Gasteiger partial charge in [0, 0.05) is 17.0 Å². The molecule has 0 heterocycles. The molecule has 0 unspecified atom stereocenters. The molecule has 1 N–H and O–H groups in total. The van der Waals surface area contributed by atoms with E-state index in [0.717, 1.165) is 31.4 Å². The van der Waals surface area contributed by atoms with Gasteiger partial charge in [-0.3, -0.25) is 0 Å². The van der Waals surface area contributed by atoms with Crippen LogP contribution >= 0.6 is 11.6 Å². The summed E-state index contributed by atoms with van der Waals surface area (Å²) in [4.78, 5) is 0. The Hall–Kier alpha value is -0.780. The molecule has 0 radical (unpaired) electrons. The first-order chi connectivity index (χ1) is 10.00. The first-order valence-electron chi connectivity index (χ1n) is 7.38. The summed E-state index contributed by atoms with van der Waals surface area (Å²) in [5.74, 6) is 1.10. The lowest BCUT2D eigenvalue weighted by Gasteiger charge is -2.31. The van der Waals surface area contributed by atoms with Gasteiger partial charge in [-0.05, 0) is 44.0 Å². The van der Waals surface area contributed by atoms with E-state index < -0.39 is 10.0 Å². The third-order valence-corrected chi connectivity index (χ3v) is 5.57. The van der Waals surface area contributed by atoms with Crippen molar-refractivity contribution < 1.29 is 13.2 Å². The number of hydrogen-bond donors (Lipinski definition) is 1. The van der Waals surface area contributed by atoms with E-state index in [-0.39, 0.29) is 17.7 Å². The van der Waals surface area contributed by atoms with Crippen LogP contribution in [0.25, 0.3) is 0 Å². The van der Waals surface area contributed by atoms with Crippen molar-refractivity contribution in [2.45, 2.75) is 38.6 Å². The summed E-state index contributed by atoms with van der Waals surface area (Å²) in [5, 5.41) is 0.675. The number of nitrogens with one attached hydrogen (secondary N) is 1. The normalized spacial score (nSPS) is 23.0. The van der Waals surface area contributed by atoms with Crippen molar-refractivity contribution in [3.63, 3.8) is 0 Å². The predicted molar refractivity (Wildman–Crippen MR) is 85.3 cm³/mol. The highest BCUT2D eigenvalue weighted by Gasteiger charge is 2.28. The number of rotatable bonds is 6. The predicted octanol–water partition coefficient (Wildman–Crippen LogP) is 3.22. The van der Waals surface area contributed by atoms with Crippen LogP contribution in [0.15, 0.2) is 24.3 Å². The molecule has 1 aliphatic rings. The van der Waals surface area contributed by atoms with Crippen LogP contribution in [0.3, 0.4) is 0 Å². The maximum Gasteiger partial charge on any atom is 0.211 e. The first kappa shape index (κ1) is 16.6. The van der Waals surface area contributed by atoms with Crippen LogP contribution in [0.4, 0.5) is 0 Å². The van der Waals surface area contributed by atoms with Crippen molar-refractivity contribution in [3.05, 3.63) is 29.3 Å². The van der Waals surface area contributed by atoms with Gasteiger partial charge in [0.25, 0.3) is 0 Å². The summed E-state index contributed by atoms with van der Waals surface area (Å²) in [6.07, 6.45) is 4.06. The average Bonchev–Trinajstić information content (AvgIpc) is 2.48. The van der Waals surface area contributed by atoms with Crippen molar-refractivity contribution in [2.24, 2.45) is 5.92 Å². The molecule has 21 heavy (non-hydrogen) atoms. The van der Waals surface area contributed by atoms with E-state index in [1.165, 1.54) is 0 Å². The van der Waals surface area contributed by atoms with Crippen LogP contribution in [-0.2, 0) is 10.0 Å². The Bertz CT molecular complexity index is 545. The molecule has 1 aliphatic carbocycles. The highest BCUT2D eigenvalue weighted by Crippen LogP contribution is 2.26. The van der Waals surface area contributed by atoms with Gasteiger partial charge in [-0.1, -0.05) is 24.4 Å². The quantitative estimate of drug-likeness (QED) is 0.870. The van der Waals surface area contributed by atoms with E-state index in [9.17, 15) is 8.42 Å². The maximum absolute atomic E-state index is 11.8. The van der Waals surface area contributed by atoms with Gasteiger partial charge in [-0.2, -0.15) is 0 Å². The van der Waals surface area contributed by atoms with Gasteiger partial charge >= 0.3 is 0 Å². The molecule has 0 spiro atoms. The number of hydrogen-bond acceptors (Lipinski definition) is 3. The lowest BCUT2D eigenvalue weighted by Crippen LogP contribution is -2.44. The van der Waals surface area contributed by atoms with Crippen molar-refractivity contribution in [1.29, 1.82) is 0 Å². The summed E-state index contributed by atoms with van der Waals surface area (Å²) in [6.45, 7) is 2.18. The van der Waals surface area contributed by atoms with Crippen molar-refractivity contribution >= 4 is 21.6 Å². The molecule has 1 aromatic rings. The minimum Gasteiger partial charge on any atom is -0.493 e. The summed E-state index contributed by atoms with van der Waals surface area (Å²) < 4.78 is 32.1. The van der Waals surface area contributed by atoms with Crippen molar-refractivity contribution in [1.82, 2.24) is 4.72 Å². The zero-order valence-corrected chi connectivity index (χ0v) is 13.8. The van der Waals surface area contributed by atoms with Gasteiger partial charge in [0.05, 0.1) is 12.4 Å². The van der Waals surface area contributed by atoms with Crippen LogP contribution in [0, 0.1) is 5.92 Å². The van der Waals surface area contributed by atoms with Gasteiger partial charge in [0.1, 0.15) is 5.75 Å². The van der Waals surface area contributed by atoms with Gasteiger partial charge < -0.3 is 4.74 Å². The van der Waals surface area contributed by atoms with Gasteiger partial charge in [-0.15, -0.1) is 0 Å². The molecular formula is C15H22ClNO3S. The third-order valence-electron chi connectivity index (χ3n) is 3.90. The number of halogens is 1. The van der Waals surface area contributed by atoms with E-state index in [0.29, 0.717) is 11.6 Å². The molecule has 0 amide bonds. The Morgan fingerprint density at radius 3 is 2.57 bits per heavy atom. The van der Waals surface area contributed by atoms with Crippen molar-refractivity contribution in [3.8, 4) is 5.75 Å². The number of sulfonamides is 1. The second-order valence-corrected chi connectivity index (χ2v) is 7.92. The zero-order valence-electron chi connectivity index (χ0n) is 12.2. The summed E-state index contributed by atoms with van der Waals surface area (Å²) in [5.41, 5.74) is 0. The minimum atomic E-state index is -3.16. The molecule has 0 aliphatic heterocycles. The lowest BCUT2D eigenvalue weighted by atomic mass is 9.86. The Morgan fingerprint density at radius 2 is 1.90 bits per heavy atom. The highest BCUT2D eigenvalue weighted by molar-refractivity contribution is 7.89. The maximum atomic E-state index is 11.8. The Labute approximate surface area is 131 Å². The Kier molecular flexibility index (Phi) is 5.90. The average molecular weight is 332 g/mol. The van der Waals surface area contributed by atoms with Gasteiger partial charge in [-0.25, -0.2) is 13.1 Å². The fourth-order valence-electron chi connectivity index (χ4n) is 2.61. The second-order valence-electron chi connectivity index (χ2n) is 5.44. The summed E-state index contributed by atoms with van der Waals surface area (Å²) in [6, 6.07) is 7.22. The Balaban J connectivity index is 1.94. The SMILES string of the molecule is CCS(=O)(=O)N[C@@H]1CCCC[C@H]1COc1ccc(Cl)cc1. The lowest BCUT2D eigenvalue weighted by molar-refractivity contribution is 0.180. The summed E-state index contributed by atoms with van der Waals surface area (Å²) in [7, 11) is -3.16. The highest BCUT2D eigenvalue weighted by atomic mass is 35.5. The molecule has 1 fully saturated rings. The smallest absolute Gasteiger partial charge is 0.211 e. The monoisotopic (exact) mass is 331 g/mol. The van der Waals surface area contributed by atoms with Gasteiger partial charge in [0.2, 0.25) is 10.0 Å². The van der Waals surface area contributed by atoms with E-state index >= 15 is 0 Å². The summed E-state index contributed by atoms with van der Waals surface area (Å²) >= 11 is 5.84. The molecule has 0 aromatic heterocycles. The van der Waals surface area contributed by atoms with Crippen molar-refractivity contribution in [2.75, 3.05) is 12.4 Å². The zero-order chi connectivity index (χ0) is 15.3. The molecule has 1 aromatic carbocycles. The van der Waals surface area contributed by atoms with Crippen LogP contribution in [-0.4, -0.2) is 26.8 Å². The van der Waals surface area contributed by atoms with E-state index in [1.807, 2.05) is 12.1 Å². The fourth-order valence-corrected chi connectivity index (χ4v) is 3.67. The number of ether oxygens (including phenoxy) is 1. The Morgan fingerprint density at radius 1 is 1.24 bits per heavy atom. The largest absolute Gasteiger partial charge is 0.493 e. The molecule has 6 heteroatoms. The molecule has 118 valence electrons. The standard InChI is InChI=1S/C15H22ClNO3S/c1-2-21(18,19)17-15-6-4-3-5-12(15)11-20-14-9-7-13(16)8-10-14/h7-10,12,15,17H,2-6,11H2,1H3/t12-,15+/m0/s1. The molecule has 0 bridgehead atoms. The fraction of sp³-hybridized carbons (Fsp3) is 0.600. The molecule has 1 saturated carbocycles. The van der Waals surface area contributed by atoms with E-state index in [1.54, 1.807) is 19.1 Å². The van der Waals surface area contributed by atoms with Crippen LogP contribution in [0.2, 0.25) is 5.02 Å². The van der Waals surface area contributed by atoms with Crippen LogP contribution in [0.1, 0.15) is 32.6 Å². The molecule has 2 atom stereocenters. The van der Waals surface area contributed by atoms with E-state index in [4.69, 9.17) is 16.3 Å². The second kappa shape index (κ2) is 7.47. The topological polar surface area (TPSA) is 55.4 Å². The molecule has 4 nitrogen and oxygen atoms in total. The van der Waals surface area contributed by atoms with Crippen LogP contribution in [0.5, 0.6) is 5.75 Å². The molecule has 0 saturated heterocycles. The van der Waals surface area contributed by atoms with Crippen LogP contribution < -0.4 is 9.46 Å². The molecular weight excluding hydrogens is 310 g/mol. The molecule has 2 rings (SSSR count). The van der Waals surface area contributed by atoms with Gasteiger partial charge in [0.15, 0.2) is 0 Å². The first-order valence-corrected chi connectivity index (χ1v) is 9.41. The minimum absolute atomic E-state index is 0.0176.